The minimum Gasteiger partial charge on any atom is -0.444 e. The summed E-state index contributed by atoms with van der Waals surface area (Å²) in [5, 5.41) is 2.70. The highest BCUT2D eigenvalue weighted by Crippen LogP contribution is 2.28. The third-order valence-electron chi connectivity index (χ3n) is 3.08. The molecule has 104 valence electrons. The summed E-state index contributed by atoms with van der Waals surface area (Å²) in [6.07, 6.45) is 5.32. The van der Waals surface area contributed by atoms with E-state index < -0.39 is 5.60 Å². The topological polar surface area (TPSA) is 55.4 Å². The molecule has 0 aromatic carbocycles. The summed E-state index contributed by atoms with van der Waals surface area (Å²) in [6, 6.07) is 0. The Kier molecular flexibility index (Phi) is 5.63. The molecule has 4 nitrogen and oxygen atoms in total. The number of unbranched alkanes of at least 4 members (excludes halogenated alkanes) is 1. The zero-order valence-electron chi connectivity index (χ0n) is 11.8. The molecule has 1 rings (SSSR count). The fourth-order valence-corrected chi connectivity index (χ4v) is 1.86. The number of hydrogen-bond acceptors (Lipinski definition) is 3. The Labute approximate surface area is 109 Å². The number of ketones is 1. The Hall–Kier alpha value is -1.06. The van der Waals surface area contributed by atoms with Gasteiger partial charge >= 0.3 is 6.09 Å². The average molecular weight is 255 g/mol. The molecule has 1 N–H and O–H groups in total. The van der Waals surface area contributed by atoms with Gasteiger partial charge in [0, 0.05) is 18.9 Å². The van der Waals surface area contributed by atoms with E-state index in [2.05, 4.69) is 5.32 Å². The Bertz CT molecular complexity index is 290. The van der Waals surface area contributed by atoms with E-state index in [-0.39, 0.29) is 6.09 Å². The number of nitrogens with one attached hydrogen (secondary N) is 1. The fraction of sp³-hybridized carbons (Fsp3) is 0.857. The molecule has 1 aliphatic carbocycles. The monoisotopic (exact) mass is 255 g/mol. The first-order chi connectivity index (χ1) is 8.38. The largest absolute Gasteiger partial charge is 0.444 e. The van der Waals surface area contributed by atoms with Gasteiger partial charge in [-0.05, 0) is 46.5 Å². The highest BCUT2D eigenvalue weighted by atomic mass is 16.6. The molecule has 0 bridgehead atoms. The molecule has 1 amide bonds. The molecule has 1 fully saturated rings. The Morgan fingerprint density at radius 3 is 2.39 bits per heavy atom. The van der Waals surface area contributed by atoms with Gasteiger partial charge in [-0.15, -0.1) is 0 Å². The van der Waals surface area contributed by atoms with E-state index in [0.717, 1.165) is 25.7 Å². The zero-order valence-corrected chi connectivity index (χ0v) is 11.8. The third kappa shape index (κ3) is 6.03. The van der Waals surface area contributed by atoms with Gasteiger partial charge < -0.3 is 10.1 Å². The van der Waals surface area contributed by atoms with Crippen molar-refractivity contribution in [3.8, 4) is 0 Å². The van der Waals surface area contributed by atoms with E-state index in [9.17, 15) is 9.59 Å². The Morgan fingerprint density at radius 2 is 1.89 bits per heavy atom. The number of Topliss-reactive ketones (excluding diaryl/α,β-unsaturated/α-hetero) is 1. The number of amides is 1. The van der Waals surface area contributed by atoms with E-state index in [0.29, 0.717) is 24.7 Å². The average Bonchev–Trinajstić information content (AvgIpc) is 2.11. The van der Waals surface area contributed by atoms with Crippen LogP contribution in [0.1, 0.15) is 59.3 Å². The molecule has 0 heterocycles. The Morgan fingerprint density at radius 1 is 1.22 bits per heavy atom. The molecule has 1 saturated carbocycles. The number of alkyl carbamates (subject to hydrolysis) is 1. The van der Waals surface area contributed by atoms with E-state index in [1.807, 2.05) is 20.8 Å². The summed E-state index contributed by atoms with van der Waals surface area (Å²) < 4.78 is 5.11. The van der Waals surface area contributed by atoms with Gasteiger partial charge in [0.05, 0.1) is 0 Å². The predicted molar refractivity (Wildman–Crippen MR) is 70.4 cm³/mol. The summed E-state index contributed by atoms with van der Waals surface area (Å²) in [5.41, 5.74) is -0.454. The molecular weight excluding hydrogens is 230 g/mol. The summed E-state index contributed by atoms with van der Waals surface area (Å²) in [4.78, 5) is 22.9. The van der Waals surface area contributed by atoms with Gasteiger partial charge in [0.25, 0.3) is 0 Å². The maximum Gasteiger partial charge on any atom is 0.407 e. The van der Waals surface area contributed by atoms with E-state index in [1.165, 1.54) is 6.42 Å². The first-order valence-corrected chi connectivity index (χ1v) is 6.88. The number of ether oxygens (including phenoxy) is 1. The van der Waals surface area contributed by atoms with Crippen LogP contribution in [-0.4, -0.2) is 24.0 Å². The minimum atomic E-state index is -0.454. The van der Waals surface area contributed by atoms with Crippen LogP contribution >= 0.6 is 0 Å². The van der Waals surface area contributed by atoms with Crippen molar-refractivity contribution in [2.75, 3.05) is 6.54 Å². The van der Waals surface area contributed by atoms with E-state index in [1.54, 1.807) is 0 Å². The highest BCUT2D eigenvalue weighted by Gasteiger charge is 2.24. The molecule has 0 spiro atoms. The lowest BCUT2D eigenvalue weighted by molar-refractivity contribution is -0.125. The molecule has 0 saturated heterocycles. The van der Waals surface area contributed by atoms with Crippen molar-refractivity contribution in [3.05, 3.63) is 0 Å². The molecule has 18 heavy (non-hydrogen) atoms. The third-order valence-corrected chi connectivity index (χ3v) is 3.08. The molecule has 0 unspecified atom stereocenters. The van der Waals surface area contributed by atoms with Crippen LogP contribution in [0.25, 0.3) is 0 Å². The van der Waals surface area contributed by atoms with Crippen molar-refractivity contribution in [1.29, 1.82) is 0 Å². The van der Waals surface area contributed by atoms with Crippen LogP contribution in [0, 0.1) is 5.92 Å². The summed E-state index contributed by atoms with van der Waals surface area (Å²) in [5.74, 6) is 0.738. The van der Waals surface area contributed by atoms with Gasteiger partial charge in [0.15, 0.2) is 0 Å². The highest BCUT2D eigenvalue weighted by molar-refractivity contribution is 5.81. The smallest absolute Gasteiger partial charge is 0.407 e. The standard InChI is InChI=1S/C14H25NO3/c1-14(2,3)18-13(17)15-10-5-4-9-12(16)11-7-6-8-11/h11H,4-10H2,1-3H3,(H,15,17). The molecular formula is C14H25NO3. The molecule has 0 aliphatic heterocycles. The maximum absolute atomic E-state index is 11.6. The number of rotatable bonds is 6. The van der Waals surface area contributed by atoms with Gasteiger partial charge in [0.1, 0.15) is 11.4 Å². The van der Waals surface area contributed by atoms with Crippen molar-refractivity contribution < 1.29 is 14.3 Å². The van der Waals surface area contributed by atoms with Crippen LogP contribution in [0.3, 0.4) is 0 Å². The van der Waals surface area contributed by atoms with Crippen molar-refractivity contribution in [2.24, 2.45) is 5.92 Å². The molecule has 0 aromatic rings. The molecule has 1 aliphatic rings. The molecule has 0 aromatic heterocycles. The van der Waals surface area contributed by atoms with Crippen LogP contribution in [0.5, 0.6) is 0 Å². The lowest BCUT2D eigenvalue weighted by Gasteiger charge is -2.23. The van der Waals surface area contributed by atoms with Gasteiger partial charge in [-0.2, -0.15) is 0 Å². The zero-order chi connectivity index (χ0) is 13.6. The second-order valence-electron chi connectivity index (χ2n) is 5.98. The molecule has 0 radical (unpaired) electrons. The summed E-state index contributed by atoms with van der Waals surface area (Å²) in [7, 11) is 0. The number of carbonyl (C=O) groups excluding carboxylic acids is 2. The normalized spacial score (nSPS) is 15.9. The molecule has 4 heteroatoms. The van der Waals surface area contributed by atoms with Crippen molar-refractivity contribution >= 4 is 11.9 Å². The van der Waals surface area contributed by atoms with Gasteiger partial charge in [-0.3, -0.25) is 4.79 Å². The Balaban J connectivity index is 1.98. The first-order valence-electron chi connectivity index (χ1n) is 6.88. The quantitative estimate of drug-likeness (QED) is 0.742. The van der Waals surface area contributed by atoms with Crippen LogP contribution in [0.2, 0.25) is 0 Å². The van der Waals surface area contributed by atoms with Gasteiger partial charge in [-0.25, -0.2) is 4.79 Å². The van der Waals surface area contributed by atoms with Crippen LogP contribution in [-0.2, 0) is 9.53 Å². The van der Waals surface area contributed by atoms with Crippen molar-refractivity contribution in [3.63, 3.8) is 0 Å². The van der Waals surface area contributed by atoms with Crippen molar-refractivity contribution in [1.82, 2.24) is 5.32 Å². The maximum atomic E-state index is 11.6. The van der Waals surface area contributed by atoms with Crippen LogP contribution in [0.15, 0.2) is 0 Å². The SMILES string of the molecule is CC(C)(C)OC(=O)NCCCCC(=O)C1CCC1. The summed E-state index contributed by atoms with van der Waals surface area (Å²) >= 11 is 0. The van der Waals surface area contributed by atoms with Crippen LogP contribution in [0.4, 0.5) is 4.79 Å². The number of carbonyl (C=O) groups is 2. The minimum absolute atomic E-state index is 0.337. The summed E-state index contributed by atoms with van der Waals surface area (Å²) in [6.45, 7) is 6.09. The number of hydrogen-bond donors (Lipinski definition) is 1. The lowest BCUT2D eigenvalue weighted by atomic mass is 9.81. The van der Waals surface area contributed by atoms with Crippen LogP contribution < -0.4 is 5.32 Å². The fourth-order valence-electron chi connectivity index (χ4n) is 1.86. The lowest BCUT2D eigenvalue weighted by Crippen LogP contribution is -2.33. The van der Waals surface area contributed by atoms with E-state index in [4.69, 9.17) is 4.74 Å². The van der Waals surface area contributed by atoms with Gasteiger partial charge in [0.2, 0.25) is 0 Å². The second-order valence-corrected chi connectivity index (χ2v) is 5.98. The predicted octanol–water partition coefficient (Wildman–Crippen LogP) is 3.05. The van der Waals surface area contributed by atoms with Gasteiger partial charge in [-0.1, -0.05) is 6.42 Å². The second kappa shape index (κ2) is 6.76. The van der Waals surface area contributed by atoms with E-state index >= 15 is 0 Å². The first kappa shape index (κ1) is 15.0. The molecule has 0 atom stereocenters. The van der Waals surface area contributed by atoms with Crippen molar-refractivity contribution in [2.45, 2.75) is 64.9 Å².